The predicted molar refractivity (Wildman–Crippen MR) is 133 cm³/mol. The molecule has 0 spiro atoms. The van der Waals surface area contributed by atoms with Crippen molar-refractivity contribution in [1.29, 1.82) is 0 Å². The number of nitrogens with one attached hydrogen (secondary N) is 1. The topological polar surface area (TPSA) is 205 Å². The number of phenols is 1. The molecule has 37 heavy (non-hydrogen) atoms. The fourth-order valence-corrected chi connectivity index (χ4v) is 7.14. The number of β-lactam (4-membered cyclic amide) rings is 1. The van der Waals surface area contributed by atoms with Gasteiger partial charge in [0.25, 0.3) is 5.91 Å². The number of aromatic hydroxyl groups is 1. The van der Waals surface area contributed by atoms with E-state index < -0.39 is 47.3 Å². The molecule has 2 aliphatic heterocycles. The van der Waals surface area contributed by atoms with Crippen molar-refractivity contribution in [1.82, 2.24) is 20.4 Å². The van der Waals surface area contributed by atoms with Gasteiger partial charge in [-0.2, -0.15) is 0 Å². The molecule has 4 rings (SSSR count). The number of amides is 2. The van der Waals surface area contributed by atoms with E-state index in [1.807, 2.05) is 0 Å². The molecule has 2 aliphatic rings. The number of benzene rings is 1. The smallest absolute Gasteiger partial charge is 0.352 e. The van der Waals surface area contributed by atoms with Crippen molar-refractivity contribution in [3.63, 3.8) is 0 Å². The molecule has 4 atom stereocenters. The average molecular weight is 568 g/mol. The molecule has 1 saturated heterocycles. The van der Waals surface area contributed by atoms with Crippen LogP contribution >= 0.6 is 34.9 Å². The van der Waals surface area contributed by atoms with Crippen LogP contribution in [0.3, 0.4) is 0 Å². The first-order valence-electron chi connectivity index (χ1n) is 10.6. The standard InChI is InChI=1S/C21H21N5O8S3/c1-34-14(20(32)33)16-24-25-21(37-16)36-7-9-6-35-18-12(17(29)26(18)13(9)19(30)31)23-15(28)11(22)8-2-4-10(27)5-3-8/h2-5,11-12,14,18,27H,6-7,22H2,1H3,(H,23,28)(H,30,31)(H,32,33)/t11?,12?,14?,18-/m0/s1. The largest absolute Gasteiger partial charge is 0.508 e. The molecule has 6 N–H and O–H groups in total. The maximum absolute atomic E-state index is 12.9. The van der Waals surface area contributed by atoms with Gasteiger partial charge in [0, 0.05) is 18.6 Å². The van der Waals surface area contributed by atoms with Gasteiger partial charge in [-0.05, 0) is 23.3 Å². The number of aliphatic carboxylic acids is 2. The first-order valence-corrected chi connectivity index (χ1v) is 13.4. The summed E-state index contributed by atoms with van der Waals surface area (Å²) in [6.07, 6.45) is -1.25. The molecule has 0 saturated carbocycles. The fraction of sp³-hybridized carbons (Fsp3) is 0.333. The first kappa shape index (κ1) is 26.9. The van der Waals surface area contributed by atoms with Gasteiger partial charge in [0.05, 0.1) is 0 Å². The molecule has 1 aromatic carbocycles. The van der Waals surface area contributed by atoms with Crippen molar-refractivity contribution in [3.8, 4) is 5.75 Å². The molecule has 3 unspecified atom stereocenters. The molecule has 2 amide bonds. The van der Waals surface area contributed by atoms with E-state index >= 15 is 0 Å². The summed E-state index contributed by atoms with van der Waals surface area (Å²) >= 11 is 3.50. The molecule has 196 valence electrons. The van der Waals surface area contributed by atoms with Gasteiger partial charge in [-0.25, -0.2) is 9.59 Å². The number of rotatable bonds is 10. The summed E-state index contributed by atoms with van der Waals surface area (Å²) in [6, 6.07) is 3.77. The number of methoxy groups -OCH3 is 1. The summed E-state index contributed by atoms with van der Waals surface area (Å²) in [5.74, 6) is -3.15. The first-order chi connectivity index (χ1) is 17.6. The Morgan fingerprint density at radius 2 is 1.97 bits per heavy atom. The molecule has 3 heterocycles. The Morgan fingerprint density at radius 3 is 2.59 bits per heavy atom. The summed E-state index contributed by atoms with van der Waals surface area (Å²) in [5.41, 5.74) is 6.76. The molecule has 1 aromatic heterocycles. The van der Waals surface area contributed by atoms with Crippen molar-refractivity contribution in [3.05, 3.63) is 46.1 Å². The molecule has 0 aliphatic carbocycles. The highest BCUT2D eigenvalue weighted by Crippen LogP contribution is 2.42. The van der Waals surface area contributed by atoms with Crippen LogP contribution in [-0.2, 0) is 23.9 Å². The van der Waals surface area contributed by atoms with Gasteiger partial charge in [0.15, 0.2) is 9.35 Å². The maximum Gasteiger partial charge on any atom is 0.352 e. The second-order valence-electron chi connectivity index (χ2n) is 7.87. The lowest BCUT2D eigenvalue weighted by Crippen LogP contribution is -2.71. The Hall–Kier alpha value is -3.18. The minimum atomic E-state index is -1.27. The lowest BCUT2D eigenvalue weighted by Gasteiger charge is -2.49. The van der Waals surface area contributed by atoms with Crippen LogP contribution in [0.1, 0.15) is 22.7 Å². The van der Waals surface area contributed by atoms with Gasteiger partial charge >= 0.3 is 11.9 Å². The number of carboxylic acid groups (broad SMARTS) is 2. The molecule has 13 nitrogen and oxygen atoms in total. The van der Waals surface area contributed by atoms with Crippen LogP contribution in [0.2, 0.25) is 0 Å². The highest BCUT2D eigenvalue weighted by Gasteiger charge is 2.54. The Kier molecular flexibility index (Phi) is 8.03. The Bertz CT molecular complexity index is 1270. The van der Waals surface area contributed by atoms with Crippen molar-refractivity contribution in [2.45, 2.75) is 27.9 Å². The van der Waals surface area contributed by atoms with E-state index in [1.54, 1.807) is 0 Å². The van der Waals surface area contributed by atoms with Crippen molar-refractivity contribution >= 4 is 58.6 Å². The molecule has 0 radical (unpaired) electrons. The van der Waals surface area contributed by atoms with E-state index in [-0.39, 0.29) is 22.2 Å². The van der Waals surface area contributed by atoms with Gasteiger partial charge in [-0.1, -0.05) is 35.2 Å². The number of fused-ring (bicyclic) bond motifs is 1. The number of nitrogens with zero attached hydrogens (tertiary/aromatic N) is 3. The van der Waals surface area contributed by atoms with Gasteiger partial charge in [-0.15, -0.1) is 22.0 Å². The van der Waals surface area contributed by atoms with E-state index in [1.165, 1.54) is 54.9 Å². The third-order valence-corrected chi connectivity index (χ3v) is 9.08. The van der Waals surface area contributed by atoms with Crippen LogP contribution in [0.25, 0.3) is 0 Å². The molecule has 16 heteroatoms. The number of aromatic nitrogens is 2. The van der Waals surface area contributed by atoms with Gasteiger partial charge in [0.2, 0.25) is 12.0 Å². The van der Waals surface area contributed by atoms with Gasteiger partial charge in [-0.3, -0.25) is 14.5 Å². The summed E-state index contributed by atoms with van der Waals surface area (Å²) in [6.45, 7) is 0. The van der Waals surface area contributed by atoms with Crippen molar-refractivity contribution < 1.29 is 39.2 Å². The van der Waals surface area contributed by atoms with E-state index in [0.29, 0.717) is 21.2 Å². The zero-order valence-electron chi connectivity index (χ0n) is 19.1. The lowest BCUT2D eigenvalue weighted by atomic mass is 10.0. The van der Waals surface area contributed by atoms with Crippen LogP contribution in [0.15, 0.2) is 39.9 Å². The summed E-state index contributed by atoms with van der Waals surface area (Å²) < 4.78 is 5.32. The van der Waals surface area contributed by atoms with Gasteiger partial charge in [0.1, 0.15) is 28.9 Å². The highest BCUT2D eigenvalue weighted by atomic mass is 32.2. The normalized spacial score (nSPS) is 20.6. The molecular formula is C21H21N5O8S3. The second kappa shape index (κ2) is 11.1. The quantitative estimate of drug-likeness (QED) is 0.197. The SMILES string of the molecule is COC(C(=O)O)c1nnc(SCC2=C(C(=O)O)N3C(=O)C(NC(=O)C(N)c4ccc(O)cc4)[C@@H]3SC2)s1. The average Bonchev–Trinajstić information content (AvgIpc) is 3.33. The van der Waals surface area contributed by atoms with Crippen molar-refractivity contribution in [2.75, 3.05) is 18.6 Å². The molecular weight excluding hydrogens is 546 g/mol. The Labute approximate surface area is 222 Å². The van der Waals surface area contributed by atoms with Crippen LogP contribution in [0, 0.1) is 0 Å². The Balaban J connectivity index is 1.43. The summed E-state index contributed by atoms with van der Waals surface area (Å²) in [4.78, 5) is 50.0. The third kappa shape index (κ3) is 5.42. The van der Waals surface area contributed by atoms with E-state index in [0.717, 1.165) is 16.2 Å². The van der Waals surface area contributed by atoms with Crippen LogP contribution in [0.5, 0.6) is 5.75 Å². The number of hydrogen-bond acceptors (Lipinski definition) is 12. The number of ether oxygens (including phenoxy) is 1. The van der Waals surface area contributed by atoms with Crippen LogP contribution < -0.4 is 11.1 Å². The molecule has 0 bridgehead atoms. The number of carbonyl (C=O) groups is 4. The summed E-state index contributed by atoms with van der Waals surface area (Å²) in [7, 11) is 1.24. The predicted octanol–water partition coefficient (Wildman–Crippen LogP) is 0.547. The lowest BCUT2D eigenvalue weighted by molar-refractivity contribution is -0.150. The van der Waals surface area contributed by atoms with Gasteiger partial charge < -0.3 is 31.1 Å². The summed E-state index contributed by atoms with van der Waals surface area (Å²) in [5, 5.41) is 38.3. The number of thioether (sulfide) groups is 2. The van der Waals surface area contributed by atoms with Crippen molar-refractivity contribution in [2.24, 2.45) is 5.73 Å². The minimum Gasteiger partial charge on any atom is -0.508 e. The van der Waals surface area contributed by atoms with Crippen LogP contribution in [-0.4, -0.2) is 84.2 Å². The Morgan fingerprint density at radius 1 is 1.27 bits per heavy atom. The maximum atomic E-state index is 12.9. The third-order valence-electron chi connectivity index (χ3n) is 5.56. The zero-order chi connectivity index (χ0) is 26.9. The monoisotopic (exact) mass is 567 g/mol. The fourth-order valence-electron chi connectivity index (χ4n) is 3.71. The number of carbonyl (C=O) groups excluding carboxylic acids is 2. The number of nitrogens with two attached hydrogens (primary N) is 1. The molecule has 2 aromatic rings. The van der Waals surface area contributed by atoms with E-state index in [4.69, 9.17) is 10.5 Å². The minimum absolute atomic E-state index is 0.0210. The highest BCUT2D eigenvalue weighted by molar-refractivity contribution is 8.01. The van der Waals surface area contributed by atoms with Crippen LogP contribution in [0.4, 0.5) is 0 Å². The van der Waals surface area contributed by atoms with E-state index in [9.17, 15) is 34.5 Å². The number of carboxylic acids is 2. The van der Waals surface area contributed by atoms with E-state index in [2.05, 4.69) is 15.5 Å². The second-order valence-corrected chi connectivity index (χ2v) is 11.2. The number of phenolic OH excluding ortho intramolecular Hbond substituents is 1. The zero-order valence-corrected chi connectivity index (χ0v) is 21.5. The molecule has 1 fully saturated rings. The number of hydrogen-bond donors (Lipinski definition) is 5.